The van der Waals surface area contributed by atoms with Crippen LogP contribution in [0.2, 0.25) is 0 Å². The normalized spacial score (nSPS) is 10.9. The van der Waals surface area contributed by atoms with Gasteiger partial charge in [0.2, 0.25) is 0 Å². The first-order chi connectivity index (χ1) is 7.15. The Hall–Kier alpha value is -1.55. The van der Waals surface area contributed by atoms with Gasteiger partial charge >= 0.3 is 5.63 Å². The summed E-state index contributed by atoms with van der Waals surface area (Å²) in [5, 5.41) is 9.02. The van der Waals surface area contributed by atoms with Crippen molar-refractivity contribution in [3.8, 4) is 5.75 Å². The molecule has 0 fully saturated rings. The molecule has 0 saturated heterocycles. The first-order valence-corrected chi connectivity index (χ1v) is 4.59. The summed E-state index contributed by atoms with van der Waals surface area (Å²) in [7, 11) is 1.46. The fraction of sp³-hybridized carbons (Fsp3) is 0.364. The van der Waals surface area contributed by atoms with Gasteiger partial charge in [0, 0.05) is 5.56 Å². The molecule has 1 aromatic heterocycles. The van der Waals surface area contributed by atoms with Crippen molar-refractivity contribution in [3.63, 3.8) is 0 Å². The Morgan fingerprint density at radius 3 is 2.67 bits per heavy atom. The average molecular weight is 210 g/mol. The predicted molar refractivity (Wildman–Crippen MR) is 56.9 cm³/mol. The van der Waals surface area contributed by atoms with Gasteiger partial charge in [-0.3, -0.25) is 0 Å². The van der Waals surface area contributed by atoms with Crippen molar-refractivity contribution in [3.05, 3.63) is 33.4 Å². The molecule has 0 saturated carbocycles. The molecule has 4 nitrogen and oxygen atoms in total. The standard InChI is InChI=1S/C11H14O4/c1-4-5-9-7(2)10(14-3)8(6-12)11(13)15-9/h4-5,12H,6H2,1-3H3/b5-4+. The van der Waals surface area contributed by atoms with E-state index in [2.05, 4.69) is 0 Å². The van der Waals surface area contributed by atoms with Crippen molar-refractivity contribution in [2.75, 3.05) is 7.11 Å². The van der Waals surface area contributed by atoms with Crippen molar-refractivity contribution in [1.82, 2.24) is 0 Å². The number of allylic oxidation sites excluding steroid dienone is 1. The monoisotopic (exact) mass is 210 g/mol. The van der Waals surface area contributed by atoms with Gasteiger partial charge in [0.15, 0.2) is 0 Å². The fourth-order valence-corrected chi connectivity index (χ4v) is 1.39. The largest absolute Gasteiger partial charge is 0.496 e. The summed E-state index contributed by atoms with van der Waals surface area (Å²) in [5.74, 6) is 0.846. The highest BCUT2D eigenvalue weighted by molar-refractivity contribution is 5.53. The Balaban J connectivity index is 3.51. The van der Waals surface area contributed by atoms with E-state index in [4.69, 9.17) is 14.3 Å². The van der Waals surface area contributed by atoms with Crippen LogP contribution >= 0.6 is 0 Å². The van der Waals surface area contributed by atoms with Crippen LogP contribution in [-0.4, -0.2) is 12.2 Å². The van der Waals surface area contributed by atoms with E-state index < -0.39 is 5.63 Å². The van der Waals surface area contributed by atoms with Crippen LogP contribution in [0.25, 0.3) is 6.08 Å². The molecule has 0 aliphatic heterocycles. The zero-order valence-corrected chi connectivity index (χ0v) is 9.03. The number of hydrogen-bond acceptors (Lipinski definition) is 4. The third kappa shape index (κ3) is 2.10. The van der Waals surface area contributed by atoms with E-state index in [1.54, 1.807) is 19.1 Å². The Morgan fingerprint density at radius 2 is 2.20 bits per heavy atom. The lowest BCUT2D eigenvalue weighted by Gasteiger charge is -2.09. The van der Waals surface area contributed by atoms with Gasteiger partial charge in [-0.2, -0.15) is 0 Å². The Bertz CT molecular complexity index is 429. The zero-order valence-electron chi connectivity index (χ0n) is 9.03. The van der Waals surface area contributed by atoms with Crippen LogP contribution in [0.5, 0.6) is 5.75 Å². The van der Waals surface area contributed by atoms with Gasteiger partial charge in [0.05, 0.1) is 13.7 Å². The number of ether oxygens (including phenoxy) is 1. The summed E-state index contributed by atoms with van der Waals surface area (Å²) < 4.78 is 10.1. The lowest BCUT2D eigenvalue weighted by Crippen LogP contribution is -2.12. The van der Waals surface area contributed by atoms with Gasteiger partial charge in [0.25, 0.3) is 0 Å². The molecule has 1 heterocycles. The molecule has 0 spiro atoms. The minimum absolute atomic E-state index is 0.156. The van der Waals surface area contributed by atoms with E-state index in [-0.39, 0.29) is 12.2 Å². The molecule has 0 atom stereocenters. The van der Waals surface area contributed by atoms with E-state index >= 15 is 0 Å². The summed E-state index contributed by atoms with van der Waals surface area (Å²) in [6.07, 6.45) is 3.45. The molecule has 1 aromatic rings. The predicted octanol–water partition coefficient (Wildman–Crippen LogP) is 1.48. The second-order valence-electron chi connectivity index (χ2n) is 3.05. The number of aliphatic hydroxyl groups is 1. The molecule has 0 aliphatic rings. The SMILES string of the molecule is C/C=C/c1oc(=O)c(CO)c(OC)c1C. The molecule has 0 aliphatic carbocycles. The van der Waals surface area contributed by atoms with Crippen molar-refractivity contribution in [2.45, 2.75) is 20.5 Å². The van der Waals surface area contributed by atoms with Gasteiger partial charge < -0.3 is 14.3 Å². The molecular weight excluding hydrogens is 196 g/mol. The van der Waals surface area contributed by atoms with E-state index in [0.29, 0.717) is 17.1 Å². The molecule has 15 heavy (non-hydrogen) atoms. The lowest BCUT2D eigenvalue weighted by molar-refractivity contribution is 0.264. The van der Waals surface area contributed by atoms with Gasteiger partial charge in [0.1, 0.15) is 17.1 Å². The summed E-state index contributed by atoms with van der Waals surface area (Å²) in [6.45, 7) is 3.21. The molecule has 0 unspecified atom stereocenters. The minimum atomic E-state index is -0.562. The second-order valence-corrected chi connectivity index (χ2v) is 3.05. The molecule has 0 radical (unpaired) electrons. The summed E-state index contributed by atoms with van der Waals surface area (Å²) in [5.41, 5.74) is 0.301. The number of rotatable bonds is 3. The summed E-state index contributed by atoms with van der Waals surface area (Å²) in [4.78, 5) is 11.4. The molecule has 82 valence electrons. The van der Waals surface area contributed by atoms with Crippen LogP contribution in [0.3, 0.4) is 0 Å². The molecule has 4 heteroatoms. The van der Waals surface area contributed by atoms with Crippen LogP contribution < -0.4 is 10.4 Å². The van der Waals surface area contributed by atoms with E-state index in [0.717, 1.165) is 0 Å². The first kappa shape index (κ1) is 11.5. The van der Waals surface area contributed by atoms with E-state index in [9.17, 15) is 4.79 Å². The quantitative estimate of drug-likeness (QED) is 0.820. The van der Waals surface area contributed by atoms with E-state index in [1.165, 1.54) is 7.11 Å². The Morgan fingerprint density at radius 1 is 1.53 bits per heavy atom. The van der Waals surface area contributed by atoms with Crippen LogP contribution in [0.15, 0.2) is 15.3 Å². The molecule has 1 rings (SSSR count). The molecule has 1 N–H and O–H groups in total. The van der Waals surface area contributed by atoms with Crippen LogP contribution in [0, 0.1) is 6.92 Å². The topological polar surface area (TPSA) is 59.7 Å². The van der Waals surface area contributed by atoms with Gasteiger partial charge in [-0.25, -0.2) is 4.79 Å². The second kappa shape index (κ2) is 4.79. The molecule has 0 bridgehead atoms. The Kier molecular flexibility index (Phi) is 3.68. The maximum atomic E-state index is 11.4. The Labute approximate surface area is 87.8 Å². The van der Waals surface area contributed by atoms with Crippen molar-refractivity contribution >= 4 is 6.08 Å². The number of methoxy groups -OCH3 is 1. The lowest BCUT2D eigenvalue weighted by atomic mass is 10.1. The summed E-state index contributed by atoms with van der Waals surface area (Å²) >= 11 is 0. The minimum Gasteiger partial charge on any atom is -0.496 e. The average Bonchev–Trinajstić information content (AvgIpc) is 2.22. The van der Waals surface area contributed by atoms with Gasteiger partial charge in [-0.05, 0) is 19.9 Å². The first-order valence-electron chi connectivity index (χ1n) is 4.59. The highest BCUT2D eigenvalue weighted by Gasteiger charge is 2.15. The maximum Gasteiger partial charge on any atom is 0.345 e. The highest BCUT2D eigenvalue weighted by Crippen LogP contribution is 2.24. The third-order valence-electron chi connectivity index (χ3n) is 2.11. The van der Waals surface area contributed by atoms with Crippen LogP contribution in [-0.2, 0) is 6.61 Å². The smallest absolute Gasteiger partial charge is 0.345 e. The zero-order chi connectivity index (χ0) is 11.4. The maximum absolute atomic E-state index is 11.4. The highest BCUT2D eigenvalue weighted by atomic mass is 16.5. The van der Waals surface area contributed by atoms with E-state index in [1.807, 2.05) is 6.92 Å². The molecule has 0 aromatic carbocycles. The van der Waals surface area contributed by atoms with Gasteiger partial charge in [-0.1, -0.05) is 6.08 Å². The third-order valence-corrected chi connectivity index (χ3v) is 2.11. The molecule has 0 amide bonds. The molecular formula is C11H14O4. The van der Waals surface area contributed by atoms with Crippen molar-refractivity contribution < 1.29 is 14.3 Å². The van der Waals surface area contributed by atoms with Crippen LogP contribution in [0.4, 0.5) is 0 Å². The van der Waals surface area contributed by atoms with Gasteiger partial charge in [-0.15, -0.1) is 0 Å². The van der Waals surface area contributed by atoms with Crippen LogP contribution in [0.1, 0.15) is 23.8 Å². The number of aliphatic hydroxyl groups excluding tert-OH is 1. The van der Waals surface area contributed by atoms with Crippen molar-refractivity contribution in [1.29, 1.82) is 0 Å². The number of hydrogen-bond donors (Lipinski definition) is 1. The van der Waals surface area contributed by atoms with Crippen molar-refractivity contribution in [2.24, 2.45) is 0 Å². The fourth-order valence-electron chi connectivity index (χ4n) is 1.39. The summed E-state index contributed by atoms with van der Waals surface area (Å²) in [6, 6.07) is 0.